The summed E-state index contributed by atoms with van der Waals surface area (Å²) < 4.78 is 0. The highest BCUT2D eigenvalue weighted by atomic mass is 35.5. The Labute approximate surface area is 76.1 Å². The Morgan fingerprint density at radius 3 is 2.60 bits per heavy atom. The Hall–Kier alpha value is 0.140. The van der Waals surface area contributed by atoms with Crippen molar-refractivity contribution in [3.8, 4) is 0 Å². The molecule has 10 heavy (non-hydrogen) atoms. The third-order valence-electron chi connectivity index (χ3n) is 0.603. The monoisotopic (exact) mass is 200 g/mol. The molecule has 0 amide bonds. The molecule has 3 N–H and O–H groups in total. The highest BCUT2D eigenvalue weighted by Gasteiger charge is 1.86. The van der Waals surface area contributed by atoms with Gasteiger partial charge in [-0.2, -0.15) is 0 Å². The van der Waals surface area contributed by atoms with Crippen molar-refractivity contribution in [1.29, 1.82) is 5.41 Å². The molecule has 5 heteroatoms. The lowest BCUT2D eigenvalue weighted by atomic mass is 10.6. The largest absolute Gasteiger partial charge is 0.379 e. The van der Waals surface area contributed by atoms with Gasteiger partial charge in [-0.25, -0.2) is 0 Å². The first kappa shape index (κ1) is 12.8. The fraction of sp³-hybridized carbons (Fsp3) is 0.400. The Morgan fingerprint density at radius 1 is 1.80 bits per heavy atom. The maximum absolute atomic E-state index is 6.81. The van der Waals surface area contributed by atoms with E-state index in [2.05, 4.69) is 0 Å². The molecule has 60 valence electrons. The van der Waals surface area contributed by atoms with Crippen LogP contribution in [0.2, 0.25) is 0 Å². The molecular weight excluding hydrogens is 191 g/mol. The van der Waals surface area contributed by atoms with E-state index in [1.165, 1.54) is 11.8 Å². The van der Waals surface area contributed by atoms with E-state index in [1.54, 1.807) is 6.92 Å². The van der Waals surface area contributed by atoms with Crippen LogP contribution in [0.1, 0.15) is 6.92 Å². The van der Waals surface area contributed by atoms with Crippen molar-refractivity contribution in [1.82, 2.24) is 0 Å². The molecule has 0 fully saturated rings. The number of nitrogens with two attached hydrogens (primary N) is 1. The van der Waals surface area contributed by atoms with Crippen molar-refractivity contribution in [2.75, 3.05) is 5.75 Å². The molecule has 0 aliphatic heterocycles. The lowest BCUT2D eigenvalue weighted by Gasteiger charge is -1.90. The van der Waals surface area contributed by atoms with E-state index in [0.717, 1.165) is 5.03 Å². The molecule has 0 radical (unpaired) electrons. The van der Waals surface area contributed by atoms with Crippen LogP contribution in [-0.2, 0) is 0 Å². The first-order valence-corrected chi connectivity index (χ1v) is 3.78. The number of thioether (sulfide) groups is 1. The van der Waals surface area contributed by atoms with E-state index in [1.807, 2.05) is 6.08 Å². The topological polar surface area (TPSA) is 49.9 Å². The molecular formula is C5H10Cl2N2S. The van der Waals surface area contributed by atoms with E-state index >= 15 is 0 Å². The normalized spacial score (nSPS) is 10.4. The van der Waals surface area contributed by atoms with Crippen LogP contribution in [0.25, 0.3) is 0 Å². The predicted molar refractivity (Wildman–Crippen MR) is 51.2 cm³/mol. The summed E-state index contributed by atoms with van der Waals surface area (Å²) >= 11 is 6.76. The summed E-state index contributed by atoms with van der Waals surface area (Å²) in [5.41, 5.74) is 5.05. The van der Waals surface area contributed by atoms with Crippen LogP contribution in [-0.4, -0.2) is 10.9 Å². The van der Waals surface area contributed by atoms with Crippen molar-refractivity contribution in [3.05, 3.63) is 11.1 Å². The van der Waals surface area contributed by atoms with Crippen molar-refractivity contribution in [2.24, 2.45) is 5.73 Å². The molecule has 0 aromatic rings. The van der Waals surface area contributed by atoms with Gasteiger partial charge < -0.3 is 5.73 Å². The molecule has 2 nitrogen and oxygen atoms in total. The average Bonchev–Trinajstić information content (AvgIpc) is 1.63. The molecule has 0 rings (SSSR count). The minimum Gasteiger partial charge on any atom is -0.379 e. The number of halogens is 2. The quantitative estimate of drug-likeness (QED) is 0.531. The summed E-state index contributed by atoms with van der Waals surface area (Å²) in [6.07, 6.45) is 1.81. The third kappa shape index (κ3) is 11.0. The molecule has 0 unspecified atom stereocenters. The lowest BCUT2D eigenvalue weighted by Crippen LogP contribution is -2.03. The molecule has 0 aromatic heterocycles. The minimum atomic E-state index is 0. The summed E-state index contributed by atoms with van der Waals surface area (Å²) in [7, 11) is 0. The van der Waals surface area contributed by atoms with Crippen LogP contribution in [0.15, 0.2) is 11.1 Å². The molecule has 0 heterocycles. The van der Waals surface area contributed by atoms with E-state index in [-0.39, 0.29) is 17.6 Å². The van der Waals surface area contributed by atoms with Crippen LogP contribution < -0.4 is 5.73 Å². The number of nitrogens with one attached hydrogen (secondary N) is 1. The van der Waals surface area contributed by atoms with Gasteiger partial charge in [0, 0.05) is 10.8 Å². The lowest BCUT2D eigenvalue weighted by molar-refractivity contribution is 1.50. The molecule has 0 aliphatic carbocycles. The van der Waals surface area contributed by atoms with Gasteiger partial charge >= 0.3 is 0 Å². The Morgan fingerprint density at radius 2 is 2.30 bits per heavy atom. The molecule has 0 saturated carbocycles. The zero-order chi connectivity index (χ0) is 7.28. The first-order chi connectivity index (χ1) is 4.13. The summed E-state index contributed by atoms with van der Waals surface area (Å²) in [6.45, 7) is 1.79. The van der Waals surface area contributed by atoms with Crippen LogP contribution in [0.3, 0.4) is 0 Å². The van der Waals surface area contributed by atoms with Gasteiger partial charge in [0.1, 0.15) is 0 Å². The molecule has 0 saturated heterocycles. The fourth-order valence-corrected chi connectivity index (χ4v) is 0.928. The molecule has 0 aliphatic rings. The zero-order valence-electron chi connectivity index (χ0n) is 5.56. The van der Waals surface area contributed by atoms with Crippen molar-refractivity contribution < 1.29 is 0 Å². The van der Waals surface area contributed by atoms with Gasteiger partial charge in [0.15, 0.2) is 5.17 Å². The van der Waals surface area contributed by atoms with Crippen molar-refractivity contribution in [2.45, 2.75) is 6.92 Å². The second kappa shape index (κ2) is 7.25. The van der Waals surface area contributed by atoms with E-state index < -0.39 is 0 Å². The molecule has 0 aromatic carbocycles. The van der Waals surface area contributed by atoms with E-state index in [9.17, 15) is 0 Å². The number of rotatable bonds is 2. The van der Waals surface area contributed by atoms with E-state index in [0.29, 0.717) is 5.75 Å². The van der Waals surface area contributed by atoms with Crippen LogP contribution >= 0.6 is 35.8 Å². The fourth-order valence-electron chi connectivity index (χ4n) is 0.246. The average molecular weight is 201 g/mol. The molecule has 0 bridgehead atoms. The number of allylic oxidation sites excluding steroid dienone is 1. The van der Waals surface area contributed by atoms with E-state index in [4.69, 9.17) is 22.7 Å². The summed E-state index contributed by atoms with van der Waals surface area (Å²) in [5, 5.41) is 7.68. The molecule has 0 spiro atoms. The predicted octanol–water partition coefficient (Wildman–Crippen LogP) is 2.18. The van der Waals surface area contributed by atoms with Crippen LogP contribution in [0.5, 0.6) is 0 Å². The summed E-state index contributed by atoms with van der Waals surface area (Å²) in [5.74, 6) is 0.685. The Bertz CT molecular complexity index is 132. The maximum Gasteiger partial charge on any atom is 0.151 e. The second-order valence-electron chi connectivity index (χ2n) is 1.47. The van der Waals surface area contributed by atoms with Gasteiger partial charge in [0.05, 0.1) is 0 Å². The van der Waals surface area contributed by atoms with Gasteiger partial charge in [-0.3, -0.25) is 5.41 Å². The van der Waals surface area contributed by atoms with Crippen molar-refractivity contribution in [3.63, 3.8) is 0 Å². The maximum atomic E-state index is 6.81. The SMILES string of the molecule is C/C(Cl)=C/CSC(=N)N.Cl. The second-order valence-corrected chi connectivity index (χ2v) is 3.12. The first-order valence-electron chi connectivity index (χ1n) is 2.42. The number of hydrogen-bond donors (Lipinski definition) is 2. The summed E-state index contributed by atoms with van der Waals surface area (Å²) in [4.78, 5) is 0. The number of amidine groups is 1. The minimum absolute atomic E-state index is 0. The van der Waals surface area contributed by atoms with Gasteiger partial charge in [0.2, 0.25) is 0 Å². The summed E-state index contributed by atoms with van der Waals surface area (Å²) in [6, 6.07) is 0. The van der Waals surface area contributed by atoms with Crippen LogP contribution in [0.4, 0.5) is 0 Å². The smallest absolute Gasteiger partial charge is 0.151 e. The Kier molecular flexibility index (Phi) is 9.27. The standard InChI is InChI=1S/C5H9ClN2S.ClH/c1-4(6)2-3-9-5(7)8;/h2H,3H2,1H3,(H3,7,8);1H/b4-2-;. The highest BCUT2D eigenvalue weighted by molar-refractivity contribution is 8.13. The number of hydrogen-bond acceptors (Lipinski definition) is 2. The molecule has 0 atom stereocenters. The highest BCUT2D eigenvalue weighted by Crippen LogP contribution is 2.03. The van der Waals surface area contributed by atoms with Crippen molar-refractivity contribution >= 4 is 40.9 Å². The zero-order valence-corrected chi connectivity index (χ0v) is 7.95. The third-order valence-corrected chi connectivity index (χ3v) is 1.40. The van der Waals surface area contributed by atoms with Gasteiger partial charge in [-0.1, -0.05) is 29.4 Å². The Balaban J connectivity index is 0. The van der Waals surface area contributed by atoms with Crippen LogP contribution in [0, 0.1) is 5.41 Å². The van der Waals surface area contributed by atoms with Gasteiger partial charge in [0.25, 0.3) is 0 Å². The van der Waals surface area contributed by atoms with Gasteiger partial charge in [-0.05, 0) is 6.92 Å². The van der Waals surface area contributed by atoms with Gasteiger partial charge in [-0.15, -0.1) is 12.4 Å².